The number of rotatable bonds is 3. The number of benzene rings is 9. The molecule has 264 valence electrons. The van der Waals surface area contributed by atoms with Crippen LogP contribution >= 0.6 is 0 Å². The summed E-state index contributed by atoms with van der Waals surface area (Å²) in [4.78, 5) is 0. The second-order valence-electron chi connectivity index (χ2n) is 15.2. The Bertz CT molecular complexity index is 3420. The molecule has 0 N–H and O–H groups in total. The first-order valence-corrected chi connectivity index (χ1v) is 19.5. The predicted molar refractivity (Wildman–Crippen MR) is 236 cm³/mol. The second-order valence-corrected chi connectivity index (χ2v) is 15.2. The van der Waals surface area contributed by atoms with Gasteiger partial charge in [0.25, 0.3) is 6.71 Å². The highest BCUT2D eigenvalue weighted by Crippen LogP contribution is 2.42. The maximum Gasteiger partial charge on any atom is 0.261 e. The third-order valence-corrected chi connectivity index (χ3v) is 12.2. The summed E-state index contributed by atoms with van der Waals surface area (Å²) in [5, 5.41) is 7.32. The lowest BCUT2D eigenvalue weighted by molar-refractivity contribution is 0.465. The molecular formula is C52H31BN2O2. The zero-order valence-electron chi connectivity index (χ0n) is 30.7. The zero-order chi connectivity index (χ0) is 37.2. The smallest absolute Gasteiger partial charge is 0.261 e. The lowest BCUT2D eigenvalue weighted by Gasteiger charge is -2.34. The summed E-state index contributed by atoms with van der Waals surface area (Å²) in [6, 6.07) is 67.5. The van der Waals surface area contributed by atoms with E-state index in [0.717, 1.165) is 61.9 Å². The average molecular weight is 727 g/mol. The van der Waals surface area contributed by atoms with Crippen LogP contribution in [0.3, 0.4) is 0 Å². The molecule has 0 amide bonds. The number of nitrogens with zero attached hydrogens (tertiary/aromatic N) is 2. The van der Waals surface area contributed by atoms with Crippen LogP contribution in [-0.4, -0.2) is 15.8 Å². The van der Waals surface area contributed by atoms with Gasteiger partial charge in [-0.25, -0.2) is 0 Å². The predicted octanol–water partition coefficient (Wildman–Crippen LogP) is 11.4. The van der Waals surface area contributed by atoms with Gasteiger partial charge in [0.05, 0.1) is 22.1 Å². The standard InChI is InChI=1S/C52H31BN2O2/c1-2-13-35(14-3-1)55-45-21-11-8-18-40(45)41-30-42-48(31-46(41)55)57-50-29-34(28-49-52(50)53(42)51-37-15-5-4-12-33(37)24-27-47(51)56-49)32-22-25-36(26-23-32)54-43-19-9-6-16-38(43)39-17-7-10-20-44(39)54/h1-31H. The third-order valence-electron chi connectivity index (χ3n) is 12.2. The van der Waals surface area contributed by atoms with Gasteiger partial charge in [-0.3, -0.25) is 0 Å². The normalized spacial score (nSPS) is 12.8. The van der Waals surface area contributed by atoms with Crippen molar-refractivity contribution in [1.29, 1.82) is 0 Å². The van der Waals surface area contributed by atoms with Gasteiger partial charge in [0.1, 0.15) is 23.0 Å². The van der Waals surface area contributed by atoms with Crippen LogP contribution in [0.15, 0.2) is 188 Å². The average Bonchev–Trinajstić information content (AvgIpc) is 3.78. The van der Waals surface area contributed by atoms with E-state index in [1.807, 2.05) is 0 Å². The lowest BCUT2D eigenvalue weighted by atomic mass is 9.34. The van der Waals surface area contributed by atoms with Gasteiger partial charge in [0, 0.05) is 44.4 Å². The van der Waals surface area contributed by atoms with Crippen molar-refractivity contribution in [3.8, 4) is 45.5 Å². The number of fused-ring (bicyclic) bond motifs is 12. The molecule has 0 spiro atoms. The third kappa shape index (κ3) is 4.34. The SMILES string of the molecule is c1ccc(-n2c3ccccc3c3cc4c(cc32)Oc2cc(-c3ccc(-n5c6ccccc6c6ccccc65)cc3)cc3c2B4c2c(ccc4ccccc24)O3)cc1. The van der Waals surface area contributed by atoms with Gasteiger partial charge in [0.15, 0.2) is 0 Å². The van der Waals surface area contributed by atoms with Gasteiger partial charge in [-0.1, -0.05) is 121 Å². The molecule has 0 saturated heterocycles. The van der Waals surface area contributed by atoms with Gasteiger partial charge in [0.2, 0.25) is 0 Å². The maximum absolute atomic E-state index is 7.09. The Morgan fingerprint density at radius 2 is 0.877 bits per heavy atom. The van der Waals surface area contributed by atoms with E-state index in [0.29, 0.717) is 0 Å². The molecule has 57 heavy (non-hydrogen) atoms. The Kier molecular flexibility index (Phi) is 6.22. The van der Waals surface area contributed by atoms with E-state index in [4.69, 9.17) is 9.47 Å². The molecule has 0 atom stereocenters. The maximum atomic E-state index is 7.09. The Morgan fingerprint density at radius 3 is 1.56 bits per heavy atom. The Labute approximate surface area is 328 Å². The van der Waals surface area contributed by atoms with Crippen molar-refractivity contribution >= 4 is 77.5 Å². The summed E-state index contributed by atoms with van der Waals surface area (Å²) in [5.74, 6) is 3.41. The molecule has 5 heteroatoms. The van der Waals surface area contributed by atoms with E-state index in [2.05, 4.69) is 197 Å². The summed E-state index contributed by atoms with van der Waals surface area (Å²) in [5.41, 5.74) is 12.5. The van der Waals surface area contributed by atoms with Crippen LogP contribution in [0, 0.1) is 0 Å². The molecule has 0 unspecified atom stereocenters. The largest absolute Gasteiger partial charge is 0.458 e. The van der Waals surface area contributed by atoms with E-state index in [-0.39, 0.29) is 6.71 Å². The van der Waals surface area contributed by atoms with Crippen molar-refractivity contribution in [2.45, 2.75) is 0 Å². The van der Waals surface area contributed by atoms with E-state index in [1.165, 1.54) is 54.3 Å². The van der Waals surface area contributed by atoms with Crippen LogP contribution in [-0.2, 0) is 0 Å². The minimum Gasteiger partial charge on any atom is -0.458 e. The highest BCUT2D eigenvalue weighted by atomic mass is 16.5. The molecule has 2 aliphatic heterocycles. The highest BCUT2D eigenvalue weighted by Gasteiger charge is 2.42. The van der Waals surface area contributed by atoms with Crippen LogP contribution < -0.4 is 25.9 Å². The van der Waals surface area contributed by atoms with Crippen molar-refractivity contribution in [2.75, 3.05) is 0 Å². The Morgan fingerprint density at radius 1 is 0.333 bits per heavy atom. The fraction of sp³-hybridized carbons (Fsp3) is 0. The van der Waals surface area contributed by atoms with Gasteiger partial charge in [-0.2, -0.15) is 0 Å². The van der Waals surface area contributed by atoms with E-state index >= 15 is 0 Å². The van der Waals surface area contributed by atoms with Crippen molar-refractivity contribution in [1.82, 2.24) is 9.13 Å². The number of para-hydroxylation sites is 4. The minimum atomic E-state index is -0.0800. The van der Waals surface area contributed by atoms with Crippen LogP contribution in [0.4, 0.5) is 0 Å². The monoisotopic (exact) mass is 726 g/mol. The van der Waals surface area contributed by atoms with Gasteiger partial charge in [-0.15, -0.1) is 0 Å². The minimum absolute atomic E-state index is 0.0800. The first-order valence-electron chi connectivity index (χ1n) is 19.5. The fourth-order valence-corrected chi connectivity index (χ4v) is 9.76. The quantitative estimate of drug-likeness (QED) is 0.170. The van der Waals surface area contributed by atoms with Crippen molar-refractivity contribution in [2.24, 2.45) is 0 Å². The van der Waals surface area contributed by atoms with Crippen LogP contribution in [0.2, 0.25) is 0 Å². The van der Waals surface area contributed by atoms with Crippen LogP contribution in [0.25, 0.3) is 76.9 Å². The highest BCUT2D eigenvalue weighted by molar-refractivity contribution is 6.99. The summed E-state index contributed by atoms with van der Waals surface area (Å²) < 4.78 is 18.7. The Balaban J connectivity index is 1.02. The molecule has 9 aromatic carbocycles. The van der Waals surface area contributed by atoms with Gasteiger partial charge >= 0.3 is 0 Å². The van der Waals surface area contributed by atoms with E-state index < -0.39 is 0 Å². The summed E-state index contributed by atoms with van der Waals surface area (Å²) in [6.45, 7) is -0.0800. The molecule has 0 aliphatic carbocycles. The number of ether oxygens (including phenoxy) is 2. The van der Waals surface area contributed by atoms with Crippen molar-refractivity contribution in [3.63, 3.8) is 0 Å². The number of hydrogen-bond acceptors (Lipinski definition) is 2. The van der Waals surface area contributed by atoms with E-state index in [9.17, 15) is 0 Å². The van der Waals surface area contributed by atoms with Crippen LogP contribution in [0.5, 0.6) is 23.0 Å². The summed E-state index contributed by atoms with van der Waals surface area (Å²) in [6.07, 6.45) is 0. The van der Waals surface area contributed by atoms with Crippen LogP contribution in [0.1, 0.15) is 0 Å². The topological polar surface area (TPSA) is 28.3 Å². The van der Waals surface area contributed by atoms with Crippen molar-refractivity contribution < 1.29 is 9.47 Å². The molecule has 11 aromatic rings. The molecule has 13 rings (SSSR count). The number of hydrogen-bond donors (Lipinski definition) is 0. The zero-order valence-corrected chi connectivity index (χ0v) is 30.7. The first-order chi connectivity index (χ1) is 28.3. The molecule has 0 saturated carbocycles. The molecule has 0 bridgehead atoms. The first kappa shape index (κ1) is 30.8. The van der Waals surface area contributed by atoms with Gasteiger partial charge in [-0.05, 0) is 93.5 Å². The number of aromatic nitrogens is 2. The molecule has 2 aliphatic rings. The van der Waals surface area contributed by atoms with Crippen molar-refractivity contribution in [3.05, 3.63) is 188 Å². The van der Waals surface area contributed by atoms with E-state index in [1.54, 1.807) is 0 Å². The molecule has 4 heterocycles. The molecule has 0 radical (unpaired) electrons. The molecular weight excluding hydrogens is 695 g/mol. The fourth-order valence-electron chi connectivity index (χ4n) is 9.76. The molecule has 4 nitrogen and oxygen atoms in total. The summed E-state index contributed by atoms with van der Waals surface area (Å²) in [7, 11) is 0. The summed E-state index contributed by atoms with van der Waals surface area (Å²) >= 11 is 0. The lowest BCUT2D eigenvalue weighted by Crippen LogP contribution is -2.57. The molecule has 0 fully saturated rings. The second kappa shape index (κ2) is 11.5. The Hall–Kier alpha value is -7.50. The van der Waals surface area contributed by atoms with Gasteiger partial charge < -0.3 is 18.6 Å². The molecule has 2 aromatic heterocycles.